The van der Waals surface area contributed by atoms with Crippen LogP contribution in [0.4, 0.5) is 5.69 Å². The Bertz CT molecular complexity index is 849. The first kappa shape index (κ1) is 19.5. The van der Waals surface area contributed by atoms with Gasteiger partial charge < -0.3 is 14.7 Å². The molecule has 0 aromatic heterocycles. The smallest absolute Gasteiger partial charge is 0.346 e. The van der Waals surface area contributed by atoms with Gasteiger partial charge in [0, 0.05) is 38.4 Å². The van der Waals surface area contributed by atoms with Crippen LogP contribution in [0.2, 0.25) is 0 Å². The Morgan fingerprint density at radius 3 is 2.36 bits per heavy atom. The van der Waals surface area contributed by atoms with Gasteiger partial charge in [0.2, 0.25) is 0 Å². The molecule has 28 heavy (non-hydrogen) atoms. The Morgan fingerprint density at radius 2 is 1.75 bits per heavy atom. The highest BCUT2D eigenvalue weighted by Gasteiger charge is 2.17. The fourth-order valence-corrected chi connectivity index (χ4v) is 3.13. The molecular weight excluding hydrogens is 354 g/mol. The number of ether oxygens (including phenoxy) is 1. The molecule has 1 N–H and O–H groups in total. The normalized spacial score (nSPS) is 15.1. The Kier molecular flexibility index (Phi) is 6.66. The second kappa shape index (κ2) is 9.58. The van der Waals surface area contributed by atoms with E-state index in [1.807, 2.05) is 54.6 Å². The van der Waals surface area contributed by atoms with Crippen LogP contribution in [-0.2, 0) is 4.79 Å². The number of piperazine rings is 1. The van der Waals surface area contributed by atoms with Gasteiger partial charge in [-0.15, -0.1) is 0 Å². The van der Waals surface area contributed by atoms with Crippen molar-refractivity contribution in [2.24, 2.45) is 0 Å². The molecule has 0 saturated carbocycles. The zero-order valence-electron chi connectivity index (χ0n) is 15.6. The topological polar surface area (TPSA) is 76.8 Å². The van der Waals surface area contributed by atoms with E-state index in [0.29, 0.717) is 12.2 Å². The summed E-state index contributed by atoms with van der Waals surface area (Å²) in [6.45, 7) is 5.38. The van der Waals surface area contributed by atoms with Gasteiger partial charge in [-0.2, -0.15) is 5.26 Å². The van der Waals surface area contributed by atoms with E-state index in [0.717, 1.165) is 44.2 Å². The maximum absolute atomic E-state index is 10.9. The minimum absolute atomic E-state index is 0.265. The molecule has 0 spiro atoms. The summed E-state index contributed by atoms with van der Waals surface area (Å²) in [6.07, 6.45) is 1.39. The number of aliphatic carboxylic acids is 1. The summed E-state index contributed by atoms with van der Waals surface area (Å²) in [5, 5.41) is 17.8. The molecule has 0 amide bonds. The molecule has 6 nitrogen and oxygen atoms in total. The van der Waals surface area contributed by atoms with Crippen LogP contribution >= 0.6 is 0 Å². The fraction of sp³-hybridized carbons (Fsp3) is 0.273. The first-order valence-electron chi connectivity index (χ1n) is 9.26. The minimum atomic E-state index is -1.21. The molecule has 1 fully saturated rings. The summed E-state index contributed by atoms with van der Waals surface area (Å²) >= 11 is 0. The van der Waals surface area contributed by atoms with E-state index in [9.17, 15) is 4.79 Å². The predicted octanol–water partition coefficient (Wildman–Crippen LogP) is 2.88. The fourth-order valence-electron chi connectivity index (χ4n) is 3.13. The maximum atomic E-state index is 10.9. The lowest BCUT2D eigenvalue weighted by atomic mass is 10.1. The van der Waals surface area contributed by atoms with Crippen LogP contribution in [0.1, 0.15) is 5.56 Å². The summed E-state index contributed by atoms with van der Waals surface area (Å²) in [6, 6.07) is 19.2. The van der Waals surface area contributed by atoms with Crippen molar-refractivity contribution in [1.82, 2.24) is 4.90 Å². The molecule has 2 aromatic carbocycles. The largest absolute Gasteiger partial charge is 0.492 e. The highest BCUT2D eigenvalue weighted by atomic mass is 16.5. The number of anilines is 1. The van der Waals surface area contributed by atoms with Gasteiger partial charge in [0.1, 0.15) is 24.0 Å². The van der Waals surface area contributed by atoms with Crippen molar-refractivity contribution in [3.63, 3.8) is 0 Å². The number of benzene rings is 2. The number of hydrogen-bond acceptors (Lipinski definition) is 5. The van der Waals surface area contributed by atoms with E-state index in [1.165, 1.54) is 6.08 Å². The van der Waals surface area contributed by atoms with Crippen molar-refractivity contribution < 1.29 is 14.6 Å². The van der Waals surface area contributed by atoms with Gasteiger partial charge in [0.05, 0.1) is 0 Å². The van der Waals surface area contributed by atoms with Crippen molar-refractivity contribution in [1.29, 1.82) is 5.26 Å². The lowest BCUT2D eigenvalue weighted by molar-refractivity contribution is -0.132. The summed E-state index contributed by atoms with van der Waals surface area (Å²) in [4.78, 5) is 15.6. The van der Waals surface area contributed by atoms with Crippen LogP contribution < -0.4 is 9.64 Å². The summed E-state index contributed by atoms with van der Waals surface area (Å²) in [5.41, 5.74) is 1.55. The Balaban J connectivity index is 1.47. The van der Waals surface area contributed by atoms with Crippen molar-refractivity contribution in [3.8, 4) is 11.8 Å². The predicted molar refractivity (Wildman–Crippen MR) is 108 cm³/mol. The van der Waals surface area contributed by atoms with E-state index < -0.39 is 5.97 Å². The third kappa shape index (κ3) is 5.35. The van der Waals surface area contributed by atoms with Crippen LogP contribution in [0.5, 0.6) is 5.75 Å². The zero-order chi connectivity index (χ0) is 19.8. The van der Waals surface area contributed by atoms with Gasteiger partial charge in [0.25, 0.3) is 0 Å². The molecule has 3 rings (SSSR count). The number of carbonyl (C=O) groups is 1. The first-order chi connectivity index (χ1) is 13.7. The molecule has 0 atom stereocenters. The molecule has 0 radical (unpaired) electrons. The number of nitriles is 1. The molecule has 2 aromatic rings. The van der Waals surface area contributed by atoms with Crippen molar-refractivity contribution in [2.45, 2.75) is 0 Å². The van der Waals surface area contributed by atoms with Crippen molar-refractivity contribution >= 4 is 17.7 Å². The Hall–Kier alpha value is -3.30. The molecular formula is C22H23N3O3. The van der Waals surface area contributed by atoms with E-state index in [4.69, 9.17) is 15.1 Å². The van der Waals surface area contributed by atoms with Gasteiger partial charge in [0.15, 0.2) is 0 Å². The van der Waals surface area contributed by atoms with Crippen LogP contribution in [0.25, 0.3) is 6.08 Å². The van der Waals surface area contributed by atoms with Gasteiger partial charge in [-0.3, -0.25) is 4.90 Å². The zero-order valence-corrected chi connectivity index (χ0v) is 15.6. The van der Waals surface area contributed by atoms with Crippen LogP contribution in [0.3, 0.4) is 0 Å². The van der Waals surface area contributed by atoms with Gasteiger partial charge in [-0.1, -0.05) is 30.3 Å². The van der Waals surface area contributed by atoms with Crippen LogP contribution in [0.15, 0.2) is 60.2 Å². The number of rotatable bonds is 7. The highest BCUT2D eigenvalue weighted by molar-refractivity contribution is 5.96. The van der Waals surface area contributed by atoms with E-state index >= 15 is 0 Å². The van der Waals surface area contributed by atoms with Gasteiger partial charge in [-0.25, -0.2) is 4.79 Å². The minimum Gasteiger partial charge on any atom is -0.492 e. The van der Waals surface area contributed by atoms with Crippen LogP contribution in [0, 0.1) is 11.3 Å². The van der Waals surface area contributed by atoms with E-state index in [1.54, 1.807) is 6.07 Å². The summed E-state index contributed by atoms with van der Waals surface area (Å²) < 4.78 is 5.77. The second-order valence-corrected chi connectivity index (χ2v) is 6.56. The van der Waals surface area contributed by atoms with Crippen molar-refractivity contribution in [3.05, 3.63) is 65.7 Å². The molecule has 0 unspecified atom stereocenters. The number of hydrogen-bond donors (Lipinski definition) is 1. The lowest BCUT2D eigenvalue weighted by Crippen LogP contribution is -2.47. The molecule has 1 aliphatic rings. The number of nitrogens with zero attached hydrogens (tertiary/aromatic N) is 3. The SMILES string of the molecule is N#CC(=Cc1ccc(N2CCN(CCOc3ccccc3)CC2)cc1)C(=O)O. The van der Waals surface area contributed by atoms with Gasteiger partial charge in [-0.05, 0) is 35.9 Å². The standard InChI is InChI=1S/C22H23N3O3/c23-17-19(22(26)27)16-18-6-8-20(9-7-18)25-12-10-24(11-13-25)14-15-28-21-4-2-1-3-5-21/h1-9,16H,10-15H2,(H,26,27). The molecule has 1 aliphatic heterocycles. The Morgan fingerprint density at radius 1 is 1.07 bits per heavy atom. The monoisotopic (exact) mass is 377 g/mol. The average Bonchev–Trinajstić information content (AvgIpc) is 2.73. The molecule has 1 saturated heterocycles. The number of carboxylic acid groups (broad SMARTS) is 1. The second-order valence-electron chi connectivity index (χ2n) is 6.56. The first-order valence-corrected chi connectivity index (χ1v) is 9.26. The molecule has 6 heteroatoms. The number of carboxylic acids is 1. The molecule has 0 bridgehead atoms. The highest BCUT2D eigenvalue weighted by Crippen LogP contribution is 2.19. The molecule has 144 valence electrons. The number of para-hydroxylation sites is 1. The third-order valence-electron chi connectivity index (χ3n) is 4.71. The Labute approximate surface area is 164 Å². The summed E-state index contributed by atoms with van der Waals surface area (Å²) in [7, 11) is 0. The summed E-state index contributed by atoms with van der Waals surface area (Å²) in [5.74, 6) is -0.309. The molecule has 0 aliphatic carbocycles. The van der Waals surface area contributed by atoms with Gasteiger partial charge >= 0.3 is 5.97 Å². The maximum Gasteiger partial charge on any atom is 0.346 e. The van der Waals surface area contributed by atoms with Crippen LogP contribution in [-0.4, -0.2) is 55.3 Å². The lowest BCUT2D eigenvalue weighted by Gasteiger charge is -2.36. The van der Waals surface area contributed by atoms with E-state index in [-0.39, 0.29) is 5.57 Å². The quantitative estimate of drug-likeness (QED) is 0.591. The van der Waals surface area contributed by atoms with Crippen molar-refractivity contribution in [2.75, 3.05) is 44.2 Å². The van der Waals surface area contributed by atoms with E-state index in [2.05, 4.69) is 9.80 Å². The average molecular weight is 377 g/mol. The molecule has 1 heterocycles. The third-order valence-corrected chi connectivity index (χ3v) is 4.71.